The summed E-state index contributed by atoms with van der Waals surface area (Å²) in [6.45, 7) is 0.853. The fourth-order valence-electron chi connectivity index (χ4n) is 1.91. The molecule has 17 heavy (non-hydrogen) atoms. The number of thiocarbonyl (C=S) groups is 1. The number of rotatable bonds is 2. The number of nitrogens with zero attached hydrogens (tertiary/aromatic N) is 1. The molecule has 0 spiro atoms. The summed E-state index contributed by atoms with van der Waals surface area (Å²) in [5.41, 5.74) is 0.845. The highest BCUT2D eigenvalue weighted by Gasteiger charge is 2.45. The van der Waals surface area contributed by atoms with Gasteiger partial charge in [-0.25, -0.2) is 0 Å². The number of ether oxygens (including phenoxy) is 1. The zero-order valence-corrected chi connectivity index (χ0v) is 11.1. The summed E-state index contributed by atoms with van der Waals surface area (Å²) >= 11 is 5.33. The molecule has 1 fully saturated rings. The highest BCUT2D eigenvalue weighted by molar-refractivity contribution is 7.90. The van der Waals surface area contributed by atoms with Crippen molar-refractivity contribution in [3.8, 4) is 0 Å². The minimum atomic E-state index is -1.09. The van der Waals surface area contributed by atoms with Gasteiger partial charge in [-0.3, -0.25) is 9.19 Å². The number of hydrogen-bond donors (Lipinski definition) is 1. The second kappa shape index (κ2) is 5.20. The van der Waals surface area contributed by atoms with Crippen molar-refractivity contribution in [2.45, 2.75) is 4.75 Å². The summed E-state index contributed by atoms with van der Waals surface area (Å²) in [5, 5.41) is 2.94. The van der Waals surface area contributed by atoms with E-state index in [2.05, 4.69) is 10.3 Å². The molecule has 1 unspecified atom stereocenters. The van der Waals surface area contributed by atoms with Gasteiger partial charge in [-0.15, -0.1) is 0 Å². The molecule has 0 aromatic carbocycles. The first-order valence-electron chi connectivity index (χ1n) is 5.30. The maximum atomic E-state index is 12.4. The highest BCUT2D eigenvalue weighted by Crippen LogP contribution is 2.32. The number of hydrogen-bond acceptors (Lipinski definition) is 4. The molecule has 1 saturated heterocycles. The van der Waals surface area contributed by atoms with Gasteiger partial charge in [0.2, 0.25) is 0 Å². The summed E-state index contributed by atoms with van der Waals surface area (Å²) in [5.74, 6) is 0.497. The lowest BCUT2D eigenvalue weighted by molar-refractivity contribution is 0.128. The van der Waals surface area contributed by atoms with Crippen LogP contribution in [0.3, 0.4) is 0 Å². The number of aromatic nitrogens is 1. The van der Waals surface area contributed by atoms with E-state index in [-0.39, 0.29) is 0 Å². The molecular weight excluding hydrogens is 256 g/mol. The van der Waals surface area contributed by atoms with Gasteiger partial charge < -0.3 is 10.1 Å². The van der Waals surface area contributed by atoms with Crippen molar-refractivity contribution in [1.29, 1.82) is 0 Å². The van der Waals surface area contributed by atoms with Gasteiger partial charge in [-0.1, -0.05) is 18.3 Å². The Balaban J connectivity index is 2.50. The topological polar surface area (TPSA) is 51.2 Å². The van der Waals surface area contributed by atoms with Crippen LogP contribution in [0.15, 0.2) is 24.5 Å². The molecule has 0 saturated carbocycles. The van der Waals surface area contributed by atoms with E-state index in [1.807, 2.05) is 12.1 Å². The molecule has 92 valence electrons. The van der Waals surface area contributed by atoms with E-state index in [4.69, 9.17) is 17.0 Å². The predicted octanol–water partition coefficient (Wildman–Crippen LogP) is 0.603. The zero-order chi connectivity index (χ0) is 12.3. The molecule has 6 heteroatoms. The van der Waals surface area contributed by atoms with Crippen molar-refractivity contribution < 1.29 is 8.95 Å². The van der Waals surface area contributed by atoms with E-state index in [9.17, 15) is 4.21 Å². The van der Waals surface area contributed by atoms with Crippen molar-refractivity contribution in [1.82, 2.24) is 10.3 Å². The van der Waals surface area contributed by atoms with Crippen molar-refractivity contribution in [3.05, 3.63) is 30.1 Å². The molecule has 2 heterocycles. The molecular formula is C11H14N2O2S2. The van der Waals surface area contributed by atoms with Crippen molar-refractivity contribution in [2.24, 2.45) is 0 Å². The van der Waals surface area contributed by atoms with Gasteiger partial charge in [0.05, 0.1) is 13.2 Å². The van der Waals surface area contributed by atoms with Crippen LogP contribution in [0, 0.1) is 0 Å². The first-order valence-corrected chi connectivity index (χ1v) is 7.03. The maximum Gasteiger partial charge on any atom is 0.145 e. The van der Waals surface area contributed by atoms with E-state index >= 15 is 0 Å². The summed E-state index contributed by atoms with van der Waals surface area (Å²) in [7, 11) is 0.656. The fourth-order valence-corrected chi connectivity index (χ4v) is 3.89. The SMILES string of the molecule is CNC(=S)C1(c2cccnc2)COCC[S@@]1=O. The Hall–Kier alpha value is -0.850. The normalized spacial score (nSPS) is 28.6. The lowest BCUT2D eigenvalue weighted by Crippen LogP contribution is -2.52. The Kier molecular flexibility index (Phi) is 3.86. The highest BCUT2D eigenvalue weighted by atomic mass is 32.2. The molecule has 2 rings (SSSR count). The second-order valence-electron chi connectivity index (χ2n) is 3.75. The lowest BCUT2D eigenvalue weighted by atomic mass is 10.0. The van der Waals surface area contributed by atoms with Gasteiger partial charge in [-0.05, 0) is 11.6 Å². The van der Waals surface area contributed by atoms with Crippen LogP contribution in [0.5, 0.6) is 0 Å². The van der Waals surface area contributed by atoms with Gasteiger partial charge in [0.15, 0.2) is 0 Å². The molecule has 1 N–H and O–H groups in total. The molecule has 4 nitrogen and oxygen atoms in total. The van der Waals surface area contributed by atoms with Crippen LogP contribution in [0.2, 0.25) is 0 Å². The van der Waals surface area contributed by atoms with Crippen LogP contribution >= 0.6 is 12.2 Å². The Morgan fingerprint density at radius 2 is 2.53 bits per heavy atom. The van der Waals surface area contributed by atoms with Crippen molar-refractivity contribution in [3.63, 3.8) is 0 Å². The van der Waals surface area contributed by atoms with E-state index in [0.29, 0.717) is 24.0 Å². The molecule has 0 amide bonds. The first-order chi connectivity index (χ1) is 8.21. The summed E-state index contributed by atoms with van der Waals surface area (Å²) in [4.78, 5) is 4.62. The van der Waals surface area contributed by atoms with Crippen LogP contribution in [0.25, 0.3) is 0 Å². The van der Waals surface area contributed by atoms with Crippen LogP contribution in [-0.2, 0) is 20.3 Å². The molecule has 0 aliphatic carbocycles. The van der Waals surface area contributed by atoms with Crippen LogP contribution in [0.4, 0.5) is 0 Å². The number of pyridine rings is 1. The van der Waals surface area contributed by atoms with E-state index < -0.39 is 15.5 Å². The first kappa shape index (κ1) is 12.6. The van der Waals surface area contributed by atoms with E-state index in [1.165, 1.54) is 0 Å². The average molecular weight is 270 g/mol. The second-order valence-corrected chi connectivity index (χ2v) is 5.95. The number of nitrogens with one attached hydrogen (secondary N) is 1. The van der Waals surface area contributed by atoms with Gasteiger partial charge in [0.25, 0.3) is 0 Å². The molecule has 0 radical (unpaired) electrons. The van der Waals surface area contributed by atoms with E-state index in [1.54, 1.807) is 19.4 Å². The minimum absolute atomic E-state index is 0.338. The van der Waals surface area contributed by atoms with Gasteiger partial charge in [-0.2, -0.15) is 0 Å². The number of likely N-dealkylation sites (N-methyl/N-ethyl adjacent to an activating group) is 1. The largest absolute Gasteiger partial charge is 0.381 e. The Labute approximate surface area is 108 Å². The molecule has 1 aliphatic rings. The summed E-state index contributed by atoms with van der Waals surface area (Å²) < 4.78 is 17.1. The van der Waals surface area contributed by atoms with Gasteiger partial charge in [0, 0.05) is 36.0 Å². The Bertz CT molecular complexity index is 428. The van der Waals surface area contributed by atoms with Gasteiger partial charge >= 0.3 is 0 Å². The predicted molar refractivity (Wildman–Crippen MR) is 71.4 cm³/mol. The molecule has 2 atom stereocenters. The van der Waals surface area contributed by atoms with Gasteiger partial charge in [0.1, 0.15) is 9.74 Å². The summed E-state index contributed by atoms with van der Waals surface area (Å²) in [6.07, 6.45) is 3.39. The summed E-state index contributed by atoms with van der Waals surface area (Å²) in [6, 6.07) is 3.71. The van der Waals surface area contributed by atoms with E-state index in [0.717, 1.165) is 5.56 Å². The molecule has 0 bridgehead atoms. The lowest BCUT2D eigenvalue weighted by Gasteiger charge is -2.36. The molecule has 1 aromatic heterocycles. The minimum Gasteiger partial charge on any atom is -0.381 e. The molecule has 1 aromatic rings. The van der Waals surface area contributed by atoms with Crippen LogP contribution in [-0.4, -0.2) is 40.2 Å². The van der Waals surface area contributed by atoms with Crippen LogP contribution in [0.1, 0.15) is 5.56 Å². The standard InChI is InChI=1S/C11H14N2O2S2/c1-12-10(16)11(8-15-5-6-17(11)14)9-3-2-4-13-7-9/h2-4,7H,5-6,8H2,1H3,(H,12,16)/t11?,17-/m0/s1. The third-order valence-corrected chi connectivity index (χ3v) is 5.38. The third-order valence-electron chi connectivity index (χ3n) is 2.83. The quantitative estimate of drug-likeness (QED) is 0.798. The zero-order valence-electron chi connectivity index (χ0n) is 9.51. The monoisotopic (exact) mass is 270 g/mol. The smallest absolute Gasteiger partial charge is 0.145 e. The average Bonchev–Trinajstić information content (AvgIpc) is 2.39. The Morgan fingerprint density at radius 3 is 3.12 bits per heavy atom. The Morgan fingerprint density at radius 1 is 1.71 bits per heavy atom. The van der Waals surface area contributed by atoms with Crippen molar-refractivity contribution in [2.75, 3.05) is 26.0 Å². The molecule has 1 aliphatic heterocycles. The van der Waals surface area contributed by atoms with Crippen molar-refractivity contribution >= 4 is 28.0 Å². The third kappa shape index (κ3) is 2.12. The van der Waals surface area contributed by atoms with Crippen LogP contribution < -0.4 is 5.32 Å². The fraction of sp³-hybridized carbons (Fsp3) is 0.455. The maximum absolute atomic E-state index is 12.4.